The number of fused-ring (bicyclic) bond motifs is 1. The van der Waals surface area contributed by atoms with Crippen LogP contribution >= 0.6 is 0 Å². The third kappa shape index (κ3) is 2.72. The van der Waals surface area contributed by atoms with Crippen LogP contribution < -0.4 is 14.8 Å². The maximum absolute atomic E-state index is 12.1. The molecule has 0 radical (unpaired) electrons. The molecular formula is C14H16N2O5. The fourth-order valence-corrected chi connectivity index (χ4v) is 2.60. The number of carboxylic acids is 1. The minimum Gasteiger partial charge on any atom is -0.480 e. The van der Waals surface area contributed by atoms with Crippen LogP contribution in [0.4, 0.5) is 4.79 Å². The Hall–Kier alpha value is -2.44. The zero-order valence-corrected chi connectivity index (χ0v) is 11.4. The highest BCUT2D eigenvalue weighted by Crippen LogP contribution is 2.32. The summed E-state index contributed by atoms with van der Waals surface area (Å²) in [6.45, 7) is 1.00. The van der Waals surface area contributed by atoms with Gasteiger partial charge in [-0.2, -0.15) is 0 Å². The minimum atomic E-state index is -0.953. The smallest absolute Gasteiger partial charge is 0.326 e. The van der Waals surface area contributed by atoms with Crippen molar-refractivity contribution in [3.63, 3.8) is 0 Å². The topological polar surface area (TPSA) is 88.1 Å². The normalized spacial score (nSPS) is 19.6. The third-order valence-corrected chi connectivity index (χ3v) is 3.68. The van der Waals surface area contributed by atoms with Gasteiger partial charge in [-0.05, 0) is 30.5 Å². The molecule has 2 aliphatic rings. The fourth-order valence-electron chi connectivity index (χ4n) is 2.60. The van der Waals surface area contributed by atoms with Crippen molar-refractivity contribution in [1.29, 1.82) is 0 Å². The van der Waals surface area contributed by atoms with Crippen molar-refractivity contribution in [3.05, 3.63) is 23.8 Å². The van der Waals surface area contributed by atoms with E-state index >= 15 is 0 Å². The molecule has 0 aliphatic carbocycles. The Bertz CT molecular complexity index is 574. The molecule has 1 atom stereocenters. The Morgan fingerprint density at radius 2 is 2.14 bits per heavy atom. The van der Waals surface area contributed by atoms with E-state index in [9.17, 15) is 9.59 Å². The van der Waals surface area contributed by atoms with Crippen LogP contribution in [0, 0.1) is 0 Å². The second-order valence-electron chi connectivity index (χ2n) is 5.04. The zero-order chi connectivity index (χ0) is 14.8. The molecular weight excluding hydrogens is 276 g/mol. The third-order valence-electron chi connectivity index (χ3n) is 3.68. The second kappa shape index (κ2) is 5.51. The molecule has 0 unspecified atom stereocenters. The Morgan fingerprint density at radius 1 is 1.33 bits per heavy atom. The first-order valence-corrected chi connectivity index (χ1v) is 6.81. The van der Waals surface area contributed by atoms with Gasteiger partial charge in [-0.25, -0.2) is 9.59 Å². The second-order valence-corrected chi connectivity index (χ2v) is 5.04. The lowest BCUT2D eigenvalue weighted by Gasteiger charge is -2.21. The van der Waals surface area contributed by atoms with Crippen molar-refractivity contribution in [2.45, 2.75) is 25.4 Å². The molecule has 0 aromatic heterocycles. The summed E-state index contributed by atoms with van der Waals surface area (Å²) in [4.78, 5) is 24.5. The number of hydrogen-bond acceptors (Lipinski definition) is 4. The van der Waals surface area contributed by atoms with E-state index in [1.807, 2.05) is 6.07 Å². The summed E-state index contributed by atoms with van der Waals surface area (Å²) in [5.41, 5.74) is 0.874. The van der Waals surface area contributed by atoms with Crippen molar-refractivity contribution >= 4 is 12.0 Å². The molecule has 1 aromatic carbocycles. The summed E-state index contributed by atoms with van der Waals surface area (Å²) < 4.78 is 10.5. The van der Waals surface area contributed by atoms with E-state index in [4.69, 9.17) is 14.6 Å². The summed E-state index contributed by atoms with van der Waals surface area (Å²) in [6, 6.07) is 4.37. The van der Waals surface area contributed by atoms with Gasteiger partial charge in [0, 0.05) is 13.1 Å². The number of hydrogen-bond donors (Lipinski definition) is 2. The first-order chi connectivity index (χ1) is 10.1. The van der Waals surface area contributed by atoms with Gasteiger partial charge in [0.25, 0.3) is 0 Å². The lowest BCUT2D eigenvalue weighted by atomic mass is 10.2. The standard InChI is InChI=1S/C14H16N2O5/c17-13(18)10-2-1-5-16(10)14(19)15-7-9-3-4-11-12(6-9)21-8-20-11/h3-4,6,10H,1-2,5,7-8H2,(H,15,19)(H,17,18)/t10-/m0/s1. The van der Waals surface area contributed by atoms with Gasteiger partial charge in [-0.3, -0.25) is 0 Å². The molecule has 3 rings (SSSR count). The number of carbonyl (C=O) groups excluding carboxylic acids is 1. The number of rotatable bonds is 3. The number of nitrogens with zero attached hydrogens (tertiary/aromatic N) is 1. The predicted octanol–water partition coefficient (Wildman–Crippen LogP) is 1.17. The van der Waals surface area contributed by atoms with Gasteiger partial charge in [0.1, 0.15) is 6.04 Å². The molecule has 2 amide bonds. The van der Waals surface area contributed by atoms with Gasteiger partial charge >= 0.3 is 12.0 Å². The maximum Gasteiger partial charge on any atom is 0.326 e. The zero-order valence-electron chi connectivity index (χ0n) is 11.4. The average Bonchev–Trinajstić information content (AvgIpc) is 3.12. The largest absolute Gasteiger partial charge is 0.480 e. The van der Waals surface area contributed by atoms with E-state index in [1.54, 1.807) is 12.1 Å². The summed E-state index contributed by atoms with van der Waals surface area (Å²) in [5, 5.41) is 11.8. The summed E-state index contributed by atoms with van der Waals surface area (Å²) in [6.07, 6.45) is 1.22. The van der Waals surface area contributed by atoms with Crippen LogP contribution in [-0.2, 0) is 11.3 Å². The van der Waals surface area contributed by atoms with E-state index < -0.39 is 12.0 Å². The number of likely N-dealkylation sites (tertiary alicyclic amines) is 1. The molecule has 2 aliphatic heterocycles. The van der Waals surface area contributed by atoms with E-state index in [0.29, 0.717) is 37.4 Å². The van der Waals surface area contributed by atoms with Gasteiger partial charge in [-0.1, -0.05) is 6.07 Å². The van der Waals surface area contributed by atoms with Crippen molar-refractivity contribution in [2.24, 2.45) is 0 Å². The molecule has 2 N–H and O–H groups in total. The molecule has 1 aromatic rings. The molecule has 112 valence electrons. The Kier molecular flexibility index (Phi) is 3.55. The number of aliphatic carboxylic acids is 1. The van der Waals surface area contributed by atoms with E-state index in [0.717, 1.165) is 5.56 Å². The number of benzene rings is 1. The molecule has 1 saturated heterocycles. The highest BCUT2D eigenvalue weighted by molar-refractivity contribution is 5.83. The lowest BCUT2D eigenvalue weighted by Crippen LogP contribution is -2.45. The minimum absolute atomic E-state index is 0.208. The highest BCUT2D eigenvalue weighted by atomic mass is 16.7. The molecule has 2 heterocycles. The van der Waals surface area contributed by atoms with Crippen LogP contribution in [0.3, 0.4) is 0 Å². The van der Waals surface area contributed by atoms with Gasteiger partial charge < -0.3 is 24.8 Å². The van der Waals surface area contributed by atoms with Crippen LogP contribution in [0.25, 0.3) is 0 Å². The summed E-state index contributed by atoms with van der Waals surface area (Å²) in [7, 11) is 0. The molecule has 1 fully saturated rings. The fraction of sp³-hybridized carbons (Fsp3) is 0.429. The number of urea groups is 1. The van der Waals surface area contributed by atoms with Crippen LogP contribution in [0.5, 0.6) is 11.5 Å². The SMILES string of the molecule is O=C(O)[C@@H]1CCCN1C(=O)NCc1ccc2c(c1)OCO2. The van der Waals surface area contributed by atoms with Gasteiger partial charge in [0.15, 0.2) is 11.5 Å². The van der Waals surface area contributed by atoms with E-state index in [-0.39, 0.29) is 12.8 Å². The molecule has 0 spiro atoms. The number of carbonyl (C=O) groups is 2. The van der Waals surface area contributed by atoms with Crippen molar-refractivity contribution < 1.29 is 24.2 Å². The van der Waals surface area contributed by atoms with E-state index in [2.05, 4.69) is 5.32 Å². The highest BCUT2D eigenvalue weighted by Gasteiger charge is 2.33. The number of amides is 2. The van der Waals surface area contributed by atoms with Crippen molar-refractivity contribution in [3.8, 4) is 11.5 Å². The van der Waals surface area contributed by atoms with Crippen LogP contribution in [0.15, 0.2) is 18.2 Å². The molecule has 21 heavy (non-hydrogen) atoms. The molecule has 0 bridgehead atoms. The average molecular weight is 292 g/mol. The van der Waals surface area contributed by atoms with Crippen LogP contribution in [-0.4, -0.2) is 41.4 Å². The molecule has 7 nitrogen and oxygen atoms in total. The Balaban J connectivity index is 1.60. The van der Waals surface area contributed by atoms with E-state index in [1.165, 1.54) is 4.90 Å². The number of carboxylic acid groups (broad SMARTS) is 1. The molecule has 0 saturated carbocycles. The molecule has 7 heteroatoms. The van der Waals surface area contributed by atoms with Gasteiger partial charge in [0.2, 0.25) is 6.79 Å². The first kappa shape index (κ1) is 13.5. The quantitative estimate of drug-likeness (QED) is 0.873. The summed E-state index contributed by atoms with van der Waals surface area (Å²) >= 11 is 0. The monoisotopic (exact) mass is 292 g/mol. The van der Waals surface area contributed by atoms with Crippen molar-refractivity contribution in [1.82, 2.24) is 10.2 Å². The predicted molar refractivity (Wildman–Crippen MR) is 72.2 cm³/mol. The van der Waals surface area contributed by atoms with Crippen LogP contribution in [0.1, 0.15) is 18.4 Å². The number of ether oxygens (including phenoxy) is 2. The first-order valence-electron chi connectivity index (χ1n) is 6.81. The number of nitrogens with one attached hydrogen (secondary N) is 1. The van der Waals surface area contributed by atoms with Gasteiger partial charge in [-0.15, -0.1) is 0 Å². The lowest BCUT2D eigenvalue weighted by molar-refractivity contribution is -0.141. The summed E-state index contributed by atoms with van der Waals surface area (Å²) in [5.74, 6) is 0.396. The van der Waals surface area contributed by atoms with Gasteiger partial charge in [0.05, 0.1) is 0 Å². The maximum atomic E-state index is 12.1. The Morgan fingerprint density at radius 3 is 2.95 bits per heavy atom. The van der Waals surface area contributed by atoms with Crippen molar-refractivity contribution in [2.75, 3.05) is 13.3 Å². The van der Waals surface area contributed by atoms with Crippen LogP contribution in [0.2, 0.25) is 0 Å². The Labute approximate surface area is 121 Å².